The molecule has 0 saturated carbocycles. The summed E-state index contributed by atoms with van der Waals surface area (Å²) in [6.45, 7) is 1.15. The van der Waals surface area contributed by atoms with Gasteiger partial charge in [0.25, 0.3) is 0 Å². The molecule has 16 heavy (non-hydrogen) atoms. The molecule has 0 aromatic carbocycles. The number of rotatable bonds is 1. The Bertz CT molecular complexity index is 538. The second-order valence-corrected chi connectivity index (χ2v) is 5.74. The molecule has 2 atom stereocenters. The Labute approximate surface area is 97.7 Å². The Morgan fingerprint density at radius 2 is 2.38 bits per heavy atom. The molecule has 0 amide bonds. The van der Waals surface area contributed by atoms with Crippen molar-refractivity contribution in [1.82, 2.24) is 14.6 Å². The van der Waals surface area contributed by atoms with E-state index in [1.54, 1.807) is 0 Å². The van der Waals surface area contributed by atoms with E-state index in [1.165, 1.54) is 12.2 Å². The van der Waals surface area contributed by atoms with Crippen LogP contribution in [0.3, 0.4) is 0 Å². The van der Waals surface area contributed by atoms with E-state index in [4.69, 9.17) is 0 Å². The average Bonchev–Trinajstić information content (AvgIpc) is 3.03. The SMILES string of the molecule is c1cn2nccc2c(N2CC3CC2CS3)n1. The minimum Gasteiger partial charge on any atom is -0.350 e. The van der Waals surface area contributed by atoms with Gasteiger partial charge in [-0.2, -0.15) is 16.9 Å². The fraction of sp³-hybridized carbons (Fsp3) is 0.455. The van der Waals surface area contributed by atoms with E-state index in [2.05, 4.69) is 26.7 Å². The average molecular weight is 232 g/mol. The lowest BCUT2D eigenvalue weighted by Crippen LogP contribution is -2.34. The zero-order valence-electron chi connectivity index (χ0n) is 8.78. The predicted molar refractivity (Wildman–Crippen MR) is 65.0 cm³/mol. The molecule has 2 bridgehead atoms. The smallest absolute Gasteiger partial charge is 0.154 e. The van der Waals surface area contributed by atoms with Gasteiger partial charge in [-0.15, -0.1) is 0 Å². The molecule has 0 radical (unpaired) electrons. The first-order chi connectivity index (χ1) is 7.92. The second-order valence-electron chi connectivity index (χ2n) is 4.41. The summed E-state index contributed by atoms with van der Waals surface area (Å²) in [7, 11) is 0. The zero-order chi connectivity index (χ0) is 10.5. The van der Waals surface area contributed by atoms with Gasteiger partial charge in [0.05, 0.1) is 6.20 Å². The van der Waals surface area contributed by atoms with Crippen molar-refractivity contribution in [2.24, 2.45) is 0 Å². The van der Waals surface area contributed by atoms with Gasteiger partial charge in [0.1, 0.15) is 5.52 Å². The van der Waals surface area contributed by atoms with Crippen molar-refractivity contribution < 1.29 is 0 Å². The predicted octanol–water partition coefficient (Wildman–Crippen LogP) is 1.42. The molecule has 4 rings (SSSR count). The van der Waals surface area contributed by atoms with Crippen molar-refractivity contribution in [2.45, 2.75) is 17.7 Å². The maximum atomic E-state index is 4.54. The summed E-state index contributed by atoms with van der Waals surface area (Å²) >= 11 is 2.11. The van der Waals surface area contributed by atoms with Crippen molar-refractivity contribution >= 4 is 23.1 Å². The maximum absolute atomic E-state index is 4.54. The minimum atomic E-state index is 0.684. The van der Waals surface area contributed by atoms with Gasteiger partial charge >= 0.3 is 0 Å². The maximum Gasteiger partial charge on any atom is 0.154 e. The number of nitrogens with zero attached hydrogens (tertiary/aromatic N) is 4. The molecule has 4 heterocycles. The van der Waals surface area contributed by atoms with Crippen LogP contribution < -0.4 is 4.90 Å². The monoisotopic (exact) mass is 232 g/mol. The highest BCUT2D eigenvalue weighted by atomic mass is 32.2. The largest absolute Gasteiger partial charge is 0.350 e. The molecule has 2 aromatic heterocycles. The molecule has 82 valence electrons. The highest BCUT2D eigenvalue weighted by Crippen LogP contribution is 2.40. The Balaban J connectivity index is 1.84. The molecule has 2 saturated heterocycles. The summed E-state index contributed by atoms with van der Waals surface area (Å²) < 4.78 is 1.90. The van der Waals surface area contributed by atoms with Gasteiger partial charge in [0.2, 0.25) is 0 Å². The van der Waals surface area contributed by atoms with Gasteiger partial charge in [-0.05, 0) is 12.5 Å². The Morgan fingerprint density at radius 3 is 3.19 bits per heavy atom. The van der Waals surface area contributed by atoms with Crippen LogP contribution in [0.15, 0.2) is 24.7 Å². The topological polar surface area (TPSA) is 33.4 Å². The third kappa shape index (κ3) is 1.12. The van der Waals surface area contributed by atoms with E-state index in [0.29, 0.717) is 6.04 Å². The van der Waals surface area contributed by atoms with Crippen molar-refractivity contribution in [1.29, 1.82) is 0 Å². The van der Waals surface area contributed by atoms with Crippen LogP contribution in [0, 0.1) is 0 Å². The molecule has 0 aliphatic carbocycles. The zero-order valence-corrected chi connectivity index (χ0v) is 9.60. The van der Waals surface area contributed by atoms with E-state index in [0.717, 1.165) is 23.1 Å². The van der Waals surface area contributed by atoms with Crippen LogP contribution in [0.1, 0.15) is 6.42 Å². The first kappa shape index (κ1) is 8.87. The summed E-state index contributed by atoms with van der Waals surface area (Å²) in [6.07, 6.45) is 6.90. The normalized spacial score (nSPS) is 28.1. The van der Waals surface area contributed by atoms with Crippen LogP contribution in [0.5, 0.6) is 0 Å². The molecule has 2 fully saturated rings. The molecule has 2 aromatic rings. The molecular formula is C11H12N4S. The molecular weight excluding hydrogens is 220 g/mol. The first-order valence-electron chi connectivity index (χ1n) is 5.58. The lowest BCUT2D eigenvalue weighted by Gasteiger charge is -2.27. The van der Waals surface area contributed by atoms with Gasteiger partial charge < -0.3 is 4.90 Å². The highest BCUT2D eigenvalue weighted by molar-refractivity contribution is 8.00. The van der Waals surface area contributed by atoms with E-state index in [9.17, 15) is 0 Å². The number of fused-ring (bicyclic) bond motifs is 3. The third-order valence-corrected chi connectivity index (χ3v) is 4.87. The van der Waals surface area contributed by atoms with Crippen molar-refractivity contribution in [2.75, 3.05) is 17.2 Å². The number of aromatic nitrogens is 3. The Morgan fingerprint density at radius 1 is 1.38 bits per heavy atom. The van der Waals surface area contributed by atoms with E-state index in [1.807, 2.05) is 29.2 Å². The molecule has 0 N–H and O–H groups in total. The summed E-state index contributed by atoms with van der Waals surface area (Å²) in [4.78, 5) is 6.99. The number of anilines is 1. The van der Waals surface area contributed by atoms with Gasteiger partial charge in [-0.1, -0.05) is 0 Å². The number of thioether (sulfide) groups is 1. The standard InChI is InChI=1S/C11H12N4S/c1-2-13-15-4-3-12-11(10(1)15)14-6-9-5-8(14)7-16-9/h1-4,8-9H,5-7H2. The van der Waals surface area contributed by atoms with Gasteiger partial charge in [-0.3, -0.25) is 0 Å². The summed E-state index contributed by atoms with van der Waals surface area (Å²) in [5, 5.41) is 5.07. The van der Waals surface area contributed by atoms with Crippen LogP contribution in [0.4, 0.5) is 5.82 Å². The first-order valence-corrected chi connectivity index (χ1v) is 6.63. The van der Waals surface area contributed by atoms with E-state index in [-0.39, 0.29) is 0 Å². The van der Waals surface area contributed by atoms with Crippen molar-refractivity contribution in [3.63, 3.8) is 0 Å². The van der Waals surface area contributed by atoms with Gasteiger partial charge in [-0.25, -0.2) is 9.50 Å². The Kier molecular flexibility index (Phi) is 1.74. The van der Waals surface area contributed by atoms with Crippen LogP contribution >= 0.6 is 11.8 Å². The van der Waals surface area contributed by atoms with Crippen LogP contribution in [-0.4, -0.2) is 38.2 Å². The molecule has 2 aliphatic rings. The fourth-order valence-electron chi connectivity index (χ4n) is 2.72. The van der Waals surface area contributed by atoms with Crippen molar-refractivity contribution in [3.05, 3.63) is 24.7 Å². The van der Waals surface area contributed by atoms with Crippen molar-refractivity contribution in [3.8, 4) is 0 Å². The van der Waals surface area contributed by atoms with Gasteiger partial charge in [0.15, 0.2) is 5.82 Å². The summed E-state index contributed by atoms with van der Waals surface area (Å²) in [6, 6.07) is 2.73. The van der Waals surface area contributed by atoms with Crippen LogP contribution in [-0.2, 0) is 0 Å². The molecule has 2 aliphatic heterocycles. The van der Waals surface area contributed by atoms with Crippen LogP contribution in [0.25, 0.3) is 5.52 Å². The number of hydrogen-bond donors (Lipinski definition) is 0. The molecule has 2 unspecified atom stereocenters. The number of hydrogen-bond acceptors (Lipinski definition) is 4. The lowest BCUT2D eigenvalue weighted by molar-refractivity contribution is 0.750. The van der Waals surface area contributed by atoms with E-state index >= 15 is 0 Å². The molecule has 5 heteroatoms. The lowest BCUT2D eigenvalue weighted by atomic mass is 10.2. The third-order valence-electron chi connectivity index (χ3n) is 3.48. The molecule has 0 spiro atoms. The molecule has 4 nitrogen and oxygen atoms in total. The van der Waals surface area contributed by atoms with E-state index < -0.39 is 0 Å². The van der Waals surface area contributed by atoms with Crippen LogP contribution in [0.2, 0.25) is 0 Å². The fourth-order valence-corrected chi connectivity index (χ4v) is 4.16. The van der Waals surface area contributed by atoms with Gasteiger partial charge in [0, 0.05) is 36.0 Å². The second kappa shape index (κ2) is 3.13. The summed E-state index contributed by atoms with van der Waals surface area (Å²) in [5.41, 5.74) is 1.13. The summed E-state index contributed by atoms with van der Waals surface area (Å²) in [5.74, 6) is 2.36. The Hall–Kier alpha value is -1.23. The highest BCUT2D eigenvalue weighted by Gasteiger charge is 2.39. The minimum absolute atomic E-state index is 0.684. The quantitative estimate of drug-likeness (QED) is 0.744.